The van der Waals surface area contributed by atoms with Gasteiger partial charge in [0, 0.05) is 29.1 Å². The van der Waals surface area contributed by atoms with Gasteiger partial charge in [0.05, 0.1) is 25.5 Å². The Morgan fingerprint density at radius 1 is 1.15 bits per heavy atom. The van der Waals surface area contributed by atoms with Crippen LogP contribution in [0.4, 0.5) is 0 Å². The number of hydrogen-bond acceptors (Lipinski definition) is 4. The lowest BCUT2D eigenvalue weighted by Gasteiger charge is -2.26. The third-order valence-corrected chi connectivity index (χ3v) is 5.88. The van der Waals surface area contributed by atoms with Crippen molar-refractivity contribution in [2.24, 2.45) is 0 Å². The number of hydrogen-bond donors (Lipinski definition) is 0. The number of ether oxygens (including phenoxy) is 2. The molecule has 0 spiro atoms. The SMILES string of the molecule is CCc1nn(CCN2CCOCC2)c(CC)c1Oc1cc(Cl)cc(CI)c1. The number of rotatable bonds is 8. The third-order valence-electron chi connectivity index (χ3n) is 4.78. The predicted molar refractivity (Wildman–Crippen MR) is 117 cm³/mol. The van der Waals surface area contributed by atoms with Crippen LogP contribution in [-0.4, -0.2) is 47.5 Å². The quantitative estimate of drug-likeness (QED) is 0.386. The fourth-order valence-corrected chi connectivity index (χ4v) is 4.04. The van der Waals surface area contributed by atoms with Crippen LogP contribution in [0.1, 0.15) is 30.8 Å². The summed E-state index contributed by atoms with van der Waals surface area (Å²) in [4.78, 5) is 2.43. The molecule has 0 saturated carbocycles. The Morgan fingerprint density at radius 2 is 1.93 bits per heavy atom. The van der Waals surface area contributed by atoms with Crippen LogP contribution in [0.15, 0.2) is 18.2 Å². The molecule has 0 bridgehead atoms. The Labute approximate surface area is 180 Å². The van der Waals surface area contributed by atoms with Gasteiger partial charge in [-0.15, -0.1) is 0 Å². The van der Waals surface area contributed by atoms with Crippen molar-refractivity contribution in [2.75, 3.05) is 32.8 Å². The molecule has 1 aliphatic heterocycles. The largest absolute Gasteiger partial charge is 0.453 e. The van der Waals surface area contributed by atoms with Gasteiger partial charge in [0.15, 0.2) is 5.75 Å². The molecule has 1 aromatic carbocycles. The summed E-state index contributed by atoms with van der Waals surface area (Å²) in [5.74, 6) is 1.68. The molecular formula is C20H27ClIN3O2. The molecule has 2 aromatic rings. The highest BCUT2D eigenvalue weighted by atomic mass is 127. The average molecular weight is 504 g/mol. The van der Waals surface area contributed by atoms with Crippen molar-refractivity contribution in [3.05, 3.63) is 40.2 Å². The summed E-state index contributed by atoms with van der Waals surface area (Å²) in [5, 5.41) is 5.55. The number of aryl methyl sites for hydroxylation is 1. The highest BCUT2D eigenvalue weighted by molar-refractivity contribution is 14.1. The number of nitrogens with zero attached hydrogens (tertiary/aromatic N) is 3. The van der Waals surface area contributed by atoms with Gasteiger partial charge in [-0.2, -0.15) is 5.10 Å². The minimum absolute atomic E-state index is 0.704. The normalized spacial score (nSPS) is 15.3. The van der Waals surface area contributed by atoms with E-state index >= 15 is 0 Å². The van der Waals surface area contributed by atoms with Crippen LogP contribution in [0.2, 0.25) is 5.02 Å². The molecule has 0 radical (unpaired) electrons. The Bertz CT molecular complexity index is 760. The summed E-state index contributed by atoms with van der Waals surface area (Å²) in [7, 11) is 0. The van der Waals surface area contributed by atoms with Gasteiger partial charge in [0.1, 0.15) is 11.4 Å². The first-order valence-corrected chi connectivity index (χ1v) is 11.5. The van der Waals surface area contributed by atoms with Crippen molar-refractivity contribution in [3.63, 3.8) is 0 Å². The molecule has 1 saturated heterocycles. The van der Waals surface area contributed by atoms with Gasteiger partial charge < -0.3 is 9.47 Å². The predicted octanol–water partition coefficient (Wildman–Crippen LogP) is 4.72. The summed E-state index contributed by atoms with van der Waals surface area (Å²) in [6.07, 6.45) is 1.72. The first kappa shape index (κ1) is 20.9. The summed E-state index contributed by atoms with van der Waals surface area (Å²) in [5.41, 5.74) is 3.31. The zero-order chi connectivity index (χ0) is 19.2. The molecule has 1 aromatic heterocycles. The van der Waals surface area contributed by atoms with E-state index in [0.717, 1.165) is 85.1 Å². The van der Waals surface area contributed by atoms with E-state index in [0.29, 0.717) is 5.02 Å². The van der Waals surface area contributed by atoms with Gasteiger partial charge in [-0.05, 0) is 36.6 Å². The standard InChI is InChI=1S/C20H27ClIN3O2/c1-3-18-20(27-17-12-15(14-22)11-16(21)13-17)19(4-2)25(23-18)6-5-24-7-9-26-10-8-24/h11-13H,3-10,14H2,1-2H3. The molecular weight excluding hydrogens is 477 g/mol. The topological polar surface area (TPSA) is 39.5 Å². The molecule has 0 atom stereocenters. The van der Waals surface area contributed by atoms with E-state index < -0.39 is 0 Å². The smallest absolute Gasteiger partial charge is 0.171 e. The molecule has 148 valence electrons. The maximum Gasteiger partial charge on any atom is 0.171 e. The highest BCUT2D eigenvalue weighted by Gasteiger charge is 2.19. The van der Waals surface area contributed by atoms with E-state index in [9.17, 15) is 0 Å². The second kappa shape index (κ2) is 10.1. The second-order valence-corrected chi connectivity index (χ2v) is 7.84. The van der Waals surface area contributed by atoms with Crippen LogP contribution >= 0.6 is 34.2 Å². The van der Waals surface area contributed by atoms with Crippen LogP contribution < -0.4 is 4.74 Å². The molecule has 3 rings (SSSR count). The molecule has 0 amide bonds. The molecule has 2 heterocycles. The molecule has 0 aliphatic carbocycles. The lowest BCUT2D eigenvalue weighted by molar-refractivity contribution is 0.0358. The Balaban J connectivity index is 1.81. The van der Waals surface area contributed by atoms with Crippen LogP contribution in [0, 0.1) is 0 Å². The third kappa shape index (κ3) is 5.37. The monoisotopic (exact) mass is 503 g/mol. The molecule has 1 aliphatic rings. The van der Waals surface area contributed by atoms with Crippen molar-refractivity contribution in [3.8, 4) is 11.5 Å². The van der Waals surface area contributed by atoms with Gasteiger partial charge in [-0.3, -0.25) is 9.58 Å². The highest BCUT2D eigenvalue weighted by Crippen LogP contribution is 2.32. The van der Waals surface area contributed by atoms with Crippen molar-refractivity contribution in [1.29, 1.82) is 0 Å². The fraction of sp³-hybridized carbons (Fsp3) is 0.550. The van der Waals surface area contributed by atoms with Crippen molar-refractivity contribution in [2.45, 2.75) is 37.7 Å². The van der Waals surface area contributed by atoms with Gasteiger partial charge in [0.2, 0.25) is 0 Å². The zero-order valence-corrected chi connectivity index (χ0v) is 18.9. The molecule has 7 heteroatoms. The van der Waals surface area contributed by atoms with E-state index in [4.69, 9.17) is 26.2 Å². The Hall–Kier alpha value is -0.830. The van der Waals surface area contributed by atoms with Gasteiger partial charge >= 0.3 is 0 Å². The summed E-state index contributed by atoms with van der Waals surface area (Å²) < 4.78 is 14.8. The maximum atomic E-state index is 6.31. The number of aromatic nitrogens is 2. The summed E-state index contributed by atoms with van der Waals surface area (Å²) in [6, 6.07) is 5.91. The maximum absolute atomic E-state index is 6.31. The minimum atomic E-state index is 0.704. The Morgan fingerprint density at radius 3 is 2.59 bits per heavy atom. The van der Waals surface area contributed by atoms with E-state index in [-0.39, 0.29) is 0 Å². The van der Waals surface area contributed by atoms with Gasteiger partial charge in [-0.1, -0.05) is 48.0 Å². The van der Waals surface area contributed by atoms with E-state index in [2.05, 4.69) is 52.1 Å². The van der Waals surface area contributed by atoms with Crippen LogP contribution in [0.3, 0.4) is 0 Å². The minimum Gasteiger partial charge on any atom is -0.453 e. The van der Waals surface area contributed by atoms with Crippen molar-refractivity contribution in [1.82, 2.24) is 14.7 Å². The number of morpholine rings is 1. The van der Waals surface area contributed by atoms with Crippen molar-refractivity contribution >= 4 is 34.2 Å². The van der Waals surface area contributed by atoms with Crippen LogP contribution in [0.5, 0.6) is 11.5 Å². The molecule has 27 heavy (non-hydrogen) atoms. The number of benzene rings is 1. The Kier molecular flexibility index (Phi) is 7.81. The van der Waals surface area contributed by atoms with Crippen LogP contribution in [-0.2, 0) is 28.6 Å². The average Bonchev–Trinajstić information content (AvgIpc) is 3.03. The number of alkyl halides is 1. The molecule has 5 nitrogen and oxygen atoms in total. The zero-order valence-electron chi connectivity index (χ0n) is 16.0. The number of halogens is 2. The lowest BCUT2D eigenvalue weighted by atomic mass is 10.2. The summed E-state index contributed by atoms with van der Waals surface area (Å²) in [6.45, 7) is 9.76. The van der Waals surface area contributed by atoms with Gasteiger partial charge in [-0.25, -0.2) is 0 Å². The van der Waals surface area contributed by atoms with E-state index in [1.54, 1.807) is 0 Å². The second-order valence-electron chi connectivity index (χ2n) is 6.64. The molecule has 1 fully saturated rings. The first-order valence-electron chi connectivity index (χ1n) is 9.56. The molecule has 0 unspecified atom stereocenters. The molecule has 0 N–H and O–H groups in total. The van der Waals surface area contributed by atoms with Crippen LogP contribution in [0.25, 0.3) is 0 Å². The first-order chi connectivity index (χ1) is 13.1. The van der Waals surface area contributed by atoms with Crippen molar-refractivity contribution < 1.29 is 9.47 Å². The fourth-order valence-electron chi connectivity index (χ4n) is 3.35. The van der Waals surface area contributed by atoms with E-state index in [1.165, 1.54) is 0 Å². The summed E-state index contributed by atoms with van der Waals surface area (Å²) >= 11 is 8.60. The lowest BCUT2D eigenvalue weighted by Crippen LogP contribution is -2.38. The van der Waals surface area contributed by atoms with E-state index in [1.807, 2.05) is 12.1 Å². The van der Waals surface area contributed by atoms with Gasteiger partial charge in [0.25, 0.3) is 0 Å².